The van der Waals surface area contributed by atoms with E-state index < -0.39 is 10.0 Å². The van der Waals surface area contributed by atoms with E-state index in [0.29, 0.717) is 24.7 Å². The first kappa shape index (κ1) is 13.0. The zero-order valence-electron chi connectivity index (χ0n) is 10.9. The van der Waals surface area contributed by atoms with Crippen LogP contribution in [0.15, 0.2) is 4.52 Å². The number of ether oxygens (including phenoxy) is 1. The van der Waals surface area contributed by atoms with Crippen LogP contribution in [0, 0.1) is 6.92 Å². The van der Waals surface area contributed by atoms with Crippen LogP contribution in [0.25, 0.3) is 0 Å². The molecule has 8 heteroatoms. The predicted octanol–water partition coefficient (Wildman–Crippen LogP) is 0.632. The zero-order valence-corrected chi connectivity index (χ0v) is 11.8. The quantitative estimate of drug-likeness (QED) is 0.793. The molecule has 3 atom stereocenters. The maximum atomic E-state index is 11.7. The fraction of sp³-hybridized carbons (Fsp3) is 0.818. The molecule has 2 saturated heterocycles. The van der Waals surface area contributed by atoms with E-state index in [4.69, 9.17) is 9.26 Å². The van der Waals surface area contributed by atoms with Gasteiger partial charge < -0.3 is 9.26 Å². The van der Waals surface area contributed by atoms with E-state index in [-0.39, 0.29) is 18.2 Å². The Labute approximate surface area is 112 Å². The molecule has 3 rings (SSSR count). The van der Waals surface area contributed by atoms with Gasteiger partial charge in [-0.1, -0.05) is 5.16 Å². The second-order valence-corrected chi connectivity index (χ2v) is 7.09. The molecule has 0 bridgehead atoms. The third-order valence-electron chi connectivity index (χ3n) is 3.74. The molecular formula is C11H17N3O4S. The van der Waals surface area contributed by atoms with Crippen molar-refractivity contribution in [3.63, 3.8) is 0 Å². The summed E-state index contributed by atoms with van der Waals surface area (Å²) < 4.78 is 36.0. The Hall–Kier alpha value is -0.990. The number of hydrogen-bond donors (Lipinski definition) is 0. The summed E-state index contributed by atoms with van der Waals surface area (Å²) >= 11 is 0. The number of aryl methyl sites for hydroxylation is 1. The fourth-order valence-electron chi connectivity index (χ4n) is 2.93. The van der Waals surface area contributed by atoms with Crippen molar-refractivity contribution in [2.45, 2.75) is 44.4 Å². The number of nitrogens with zero attached hydrogens (tertiary/aromatic N) is 3. The van der Waals surface area contributed by atoms with Crippen molar-refractivity contribution in [3.8, 4) is 0 Å². The van der Waals surface area contributed by atoms with Gasteiger partial charge in [-0.05, 0) is 26.2 Å². The van der Waals surface area contributed by atoms with Crippen LogP contribution in [-0.4, -0.2) is 47.8 Å². The third-order valence-corrected chi connectivity index (χ3v) is 5.05. The summed E-state index contributed by atoms with van der Waals surface area (Å²) in [6.45, 7) is 2.29. The molecule has 2 aliphatic rings. The molecule has 1 aromatic rings. The summed E-state index contributed by atoms with van der Waals surface area (Å²) in [4.78, 5) is 4.18. The van der Waals surface area contributed by atoms with E-state index in [2.05, 4.69) is 10.1 Å². The first-order chi connectivity index (χ1) is 8.95. The maximum Gasteiger partial charge on any atom is 0.255 e. The lowest BCUT2D eigenvalue weighted by molar-refractivity contribution is -0.0752. The monoisotopic (exact) mass is 287 g/mol. The molecule has 0 saturated carbocycles. The van der Waals surface area contributed by atoms with Crippen molar-refractivity contribution < 1.29 is 17.7 Å². The summed E-state index contributed by atoms with van der Waals surface area (Å²) in [6, 6.07) is -0.0460. The van der Waals surface area contributed by atoms with Crippen LogP contribution in [-0.2, 0) is 14.8 Å². The summed E-state index contributed by atoms with van der Waals surface area (Å²) in [5.74, 6) is 1.08. The van der Waals surface area contributed by atoms with E-state index in [1.165, 1.54) is 6.26 Å². The Morgan fingerprint density at radius 1 is 1.32 bits per heavy atom. The molecule has 2 fully saturated rings. The lowest BCUT2D eigenvalue weighted by Gasteiger charge is -2.33. The molecule has 7 nitrogen and oxygen atoms in total. The molecule has 0 amide bonds. The molecule has 0 unspecified atom stereocenters. The normalized spacial score (nSPS) is 32.4. The van der Waals surface area contributed by atoms with Crippen LogP contribution in [0.1, 0.15) is 37.1 Å². The molecule has 0 N–H and O–H groups in total. The Balaban J connectivity index is 1.74. The van der Waals surface area contributed by atoms with Gasteiger partial charge in [0, 0.05) is 6.54 Å². The van der Waals surface area contributed by atoms with Crippen molar-refractivity contribution >= 4 is 10.0 Å². The largest absolute Gasteiger partial charge is 0.363 e. The number of aromatic nitrogens is 2. The van der Waals surface area contributed by atoms with E-state index in [0.717, 1.165) is 12.8 Å². The highest BCUT2D eigenvalue weighted by molar-refractivity contribution is 7.88. The molecule has 0 spiro atoms. The van der Waals surface area contributed by atoms with E-state index >= 15 is 0 Å². The highest BCUT2D eigenvalue weighted by atomic mass is 32.2. The second-order valence-electron chi connectivity index (χ2n) is 5.15. The van der Waals surface area contributed by atoms with Crippen LogP contribution in [0.5, 0.6) is 0 Å². The summed E-state index contributed by atoms with van der Waals surface area (Å²) in [5, 5.41) is 3.76. The number of rotatable bonds is 2. The first-order valence-corrected chi connectivity index (χ1v) is 8.22. The van der Waals surface area contributed by atoms with Crippen LogP contribution in [0.4, 0.5) is 0 Å². The molecule has 0 aromatic carbocycles. The predicted molar refractivity (Wildman–Crippen MR) is 65.8 cm³/mol. The van der Waals surface area contributed by atoms with Gasteiger partial charge in [-0.3, -0.25) is 0 Å². The Morgan fingerprint density at radius 3 is 2.74 bits per heavy atom. The minimum Gasteiger partial charge on any atom is -0.363 e. The first-order valence-electron chi connectivity index (χ1n) is 6.37. The molecular weight excluding hydrogens is 270 g/mol. The van der Waals surface area contributed by atoms with Gasteiger partial charge in [0.1, 0.15) is 6.10 Å². The van der Waals surface area contributed by atoms with Gasteiger partial charge in [0.05, 0.1) is 18.4 Å². The van der Waals surface area contributed by atoms with Crippen LogP contribution in [0.2, 0.25) is 0 Å². The Bertz CT molecular complexity index is 570. The standard InChI is InChI=1S/C11H17N3O4S/c1-7-12-11(18-13-7)10-4-3-8-9(17-10)5-6-14(8)19(2,15)16/h8-10H,3-6H2,1-2H3/t8-,9-,10-/m0/s1. The van der Waals surface area contributed by atoms with Gasteiger partial charge in [0.2, 0.25) is 10.0 Å². The molecule has 19 heavy (non-hydrogen) atoms. The maximum absolute atomic E-state index is 11.7. The molecule has 3 heterocycles. The molecule has 2 aliphatic heterocycles. The van der Waals surface area contributed by atoms with Crippen LogP contribution < -0.4 is 0 Å². The summed E-state index contributed by atoms with van der Waals surface area (Å²) in [6.07, 6.45) is 3.17. The van der Waals surface area contributed by atoms with E-state index in [9.17, 15) is 8.42 Å². The highest BCUT2D eigenvalue weighted by Gasteiger charge is 2.44. The second kappa shape index (κ2) is 4.53. The van der Waals surface area contributed by atoms with Crippen molar-refractivity contribution in [2.75, 3.05) is 12.8 Å². The van der Waals surface area contributed by atoms with Crippen molar-refractivity contribution in [3.05, 3.63) is 11.7 Å². The van der Waals surface area contributed by atoms with Gasteiger partial charge >= 0.3 is 0 Å². The smallest absolute Gasteiger partial charge is 0.255 e. The van der Waals surface area contributed by atoms with Gasteiger partial charge in [0.15, 0.2) is 5.82 Å². The SMILES string of the molecule is Cc1noc([C@@H]2CC[C@H]3[C@H](CCN3S(C)(=O)=O)O2)n1. The molecule has 0 radical (unpaired) electrons. The van der Waals surface area contributed by atoms with Gasteiger partial charge in [-0.15, -0.1) is 0 Å². The van der Waals surface area contributed by atoms with E-state index in [1.807, 2.05) is 0 Å². The topological polar surface area (TPSA) is 85.5 Å². The van der Waals surface area contributed by atoms with E-state index in [1.54, 1.807) is 11.2 Å². The van der Waals surface area contributed by atoms with Crippen LogP contribution in [0.3, 0.4) is 0 Å². The highest BCUT2D eigenvalue weighted by Crippen LogP contribution is 2.38. The number of fused-ring (bicyclic) bond motifs is 1. The fourth-order valence-corrected chi connectivity index (χ4v) is 4.10. The third kappa shape index (κ3) is 2.39. The Morgan fingerprint density at radius 2 is 2.11 bits per heavy atom. The zero-order chi connectivity index (χ0) is 13.6. The average molecular weight is 287 g/mol. The lowest BCUT2D eigenvalue weighted by atomic mass is 10.00. The van der Waals surface area contributed by atoms with Gasteiger partial charge in [-0.2, -0.15) is 9.29 Å². The van der Waals surface area contributed by atoms with Gasteiger partial charge in [-0.25, -0.2) is 8.42 Å². The summed E-state index contributed by atoms with van der Waals surface area (Å²) in [5.41, 5.74) is 0. The van der Waals surface area contributed by atoms with Crippen molar-refractivity contribution in [2.24, 2.45) is 0 Å². The van der Waals surface area contributed by atoms with Crippen LogP contribution >= 0.6 is 0 Å². The molecule has 1 aromatic heterocycles. The van der Waals surface area contributed by atoms with Crippen molar-refractivity contribution in [1.82, 2.24) is 14.4 Å². The molecule has 106 valence electrons. The molecule has 0 aliphatic carbocycles. The average Bonchev–Trinajstić information content (AvgIpc) is 2.92. The lowest BCUT2D eigenvalue weighted by Crippen LogP contribution is -2.42. The summed E-state index contributed by atoms with van der Waals surface area (Å²) in [7, 11) is -3.15. The number of hydrogen-bond acceptors (Lipinski definition) is 6. The minimum atomic E-state index is -3.15. The number of sulfonamides is 1. The Kier molecular flexibility index (Phi) is 3.11. The van der Waals surface area contributed by atoms with Gasteiger partial charge in [0.25, 0.3) is 5.89 Å². The minimum absolute atomic E-state index is 0.0460. The van der Waals surface area contributed by atoms with Crippen molar-refractivity contribution in [1.29, 1.82) is 0 Å².